The number of hydrogen-bond acceptors (Lipinski definition) is 2. The summed E-state index contributed by atoms with van der Waals surface area (Å²) in [5.74, 6) is 0.804. The minimum Gasteiger partial charge on any atom is -0.461 e. The molecule has 4 aromatic rings. The standard InChI is InChI=1S/C13H13N2.C9H12N.C8H9.Cr/c1-11-6-5-9-13(15-11)14-10-12-7-3-2-4-8-12;1-8-6-4-5-7-9(8)10(2)3;1-7-5-3-4-6-8(7)2;/h2-9H,10H2,1H3;4-7H,1H2,2-3H3;3-6H,1H2,2H3;/q3*-1;+2. The summed E-state index contributed by atoms with van der Waals surface area (Å²) in [6.07, 6.45) is 0. The van der Waals surface area contributed by atoms with E-state index in [2.05, 4.69) is 60.2 Å². The van der Waals surface area contributed by atoms with Crippen molar-refractivity contribution in [2.45, 2.75) is 20.4 Å². The van der Waals surface area contributed by atoms with Crippen molar-refractivity contribution in [1.82, 2.24) is 4.98 Å². The van der Waals surface area contributed by atoms with Crippen LogP contribution in [0.1, 0.15) is 27.9 Å². The third-order valence-electron chi connectivity index (χ3n) is 4.87. The van der Waals surface area contributed by atoms with Gasteiger partial charge in [-0.2, -0.15) is 42.7 Å². The Bertz CT molecular complexity index is 1070. The van der Waals surface area contributed by atoms with Gasteiger partial charge >= 0.3 is 17.4 Å². The zero-order valence-corrected chi connectivity index (χ0v) is 21.9. The maximum absolute atomic E-state index is 4.43. The maximum atomic E-state index is 4.43. The van der Waals surface area contributed by atoms with Crippen LogP contribution in [0, 0.1) is 27.7 Å². The number of rotatable bonds is 4. The number of benzene rings is 3. The van der Waals surface area contributed by atoms with E-state index in [0.29, 0.717) is 6.54 Å². The second kappa shape index (κ2) is 15.5. The Labute approximate surface area is 217 Å². The third-order valence-corrected chi connectivity index (χ3v) is 4.87. The quantitative estimate of drug-likeness (QED) is 0.276. The van der Waals surface area contributed by atoms with Crippen LogP contribution in [0.4, 0.5) is 11.5 Å². The van der Waals surface area contributed by atoms with Crippen LogP contribution >= 0.6 is 0 Å². The molecule has 0 atom stereocenters. The van der Waals surface area contributed by atoms with Gasteiger partial charge in [0.05, 0.1) is 0 Å². The van der Waals surface area contributed by atoms with Gasteiger partial charge in [0, 0.05) is 0 Å². The average Bonchev–Trinajstić information content (AvgIpc) is 2.81. The third kappa shape index (κ3) is 10.5. The minimum absolute atomic E-state index is 0. The van der Waals surface area contributed by atoms with Crippen LogP contribution in [0.2, 0.25) is 0 Å². The Hall–Kier alpha value is -3.32. The molecule has 0 radical (unpaired) electrons. The van der Waals surface area contributed by atoms with Gasteiger partial charge in [0.25, 0.3) is 0 Å². The SMILES string of the molecule is Cc1cccc([N-]Cc2ccccc2)n1.[CH2-]c1ccccc1C.[CH2-]c1ccccc1N(C)C.[Cr+2]. The summed E-state index contributed by atoms with van der Waals surface area (Å²) in [7, 11) is 4.04. The summed E-state index contributed by atoms with van der Waals surface area (Å²) in [5.41, 5.74) is 6.85. The fourth-order valence-electron chi connectivity index (χ4n) is 2.93. The van der Waals surface area contributed by atoms with Crippen molar-refractivity contribution < 1.29 is 17.4 Å². The second-order valence-corrected chi connectivity index (χ2v) is 7.89. The number of pyridine rings is 1. The van der Waals surface area contributed by atoms with Gasteiger partial charge in [-0.25, -0.2) is 0 Å². The van der Waals surface area contributed by atoms with E-state index < -0.39 is 0 Å². The molecular weight excluding hydrogens is 454 g/mol. The molecule has 0 fully saturated rings. The number of para-hydroxylation sites is 1. The molecule has 0 N–H and O–H groups in total. The summed E-state index contributed by atoms with van der Waals surface area (Å²) in [6.45, 7) is 12.4. The largest absolute Gasteiger partial charge is 2.00 e. The van der Waals surface area contributed by atoms with E-state index in [1.54, 1.807) is 0 Å². The first-order valence-corrected chi connectivity index (χ1v) is 11.0. The zero-order chi connectivity index (χ0) is 24.1. The predicted octanol–water partition coefficient (Wildman–Crippen LogP) is 7.70. The molecule has 0 aliphatic rings. The van der Waals surface area contributed by atoms with Crippen LogP contribution in [0.5, 0.6) is 0 Å². The molecule has 1 heterocycles. The Morgan fingerprint density at radius 3 is 1.79 bits per heavy atom. The van der Waals surface area contributed by atoms with Crippen LogP contribution in [-0.2, 0) is 23.9 Å². The van der Waals surface area contributed by atoms with E-state index in [1.807, 2.05) is 93.8 Å². The zero-order valence-electron chi connectivity index (χ0n) is 20.6. The summed E-state index contributed by atoms with van der Waals surface area (Å²) < 4.78 is 0. The molecule has 4 rings (SSSR count). The first kappa shape index (κ1) is 28.7. The Morgan fingerprint density at radius 2 is 1.29 bits per heavy atom. The number of aromatic nitrogens is 1. The van der Waals surface area contributed by atoms with Crippen molar-refractivity contribution in [1.29, 1.82) is 0 Å². The minimum atomic E-state index is 0. The van der Waals surface area contributed by atoms with Crippen LogP contribution in [-0.4, -0.2) is 19.1 Å². The second-order valence-electron chi connectivity index (χ2n) is 7.89. The number of anilines is 1. The predicted molar refractivity (Wildman–Crippen MR) is 143 cm³/mol. The number of aryl methyl sites for hydroxylation is 2. The fourth-order valence-corrected chi connectivity index (χ4v) is 2.93. The molecule has 0 amide bonds. The summed E-state index contributed by atoms with van der Waals surface area (Å²) in [6, 6.07) is 32.2. The van der Waals surface area contributed by atoms with Gasteiger partial charge in [-0.05, 0) is 33.1 Å². The van der Waals surface area contributed by atoms with E-state index >= 15 is 0 Å². The number of nitrogens with zero attached hydrogens (tertiary/aromatic N) is 3. The van der Waals surface area contributed by atoms with Gasteiger partial charge in [-0.3, -0.25) is 0 Å². The van der Waals surface area contributed by atoms with Gasteiger partial charge in [0.1, 0.15) is 0 Å². The van der Waals surface area contributed by atoms with Gasteiger partial charge in [-0.1, -0.05) is 90.9 Å². The molecule has 1 aromatic heterocycles. The molecule has 4 heteroatoms. The van der Waals surface area contributed by atoms with Gasteiger partial charge < -0.3 is 15.2 Å². The summed E-state index contributed by atoms with van der Waals surface area (Å²) in [4.78, 5) is 6.38. The molecule has 3 aromatic carbocycles. The summed E-state index contributed by atoms with van der Waals surface area (Å²) >= 11 is 0. The van der Waals surface area contributed by atoms with E-state index in [-0.39, 0.29) is 17.4 Å². The molecule has 0 spiro atoms. The molecule has 0 bridgehead atoms. The monoisotopic (exact) mass is 488 g/mol. The molecule has 34 heavy (non-hydrogen) atoms. The Morgan fingerprint density at radius 1 is 0.706 bits per heavy atom. The first-order chi connectivity index (χ1) is 15.9. The maximum Gasteiger partial charge on any atom is 2.00 e. The molecule has 0 aliphatic heterocycles. The van der Waals surface area contributed by atoms with Gasteiger partial charge in [-0.15, -0.1) is 18.2 Å². The van der Waals surface area contributed by atoms with E-state index in [4.69, 9.17) is 0 Å². The Kier molecular flexibility index (Phi) is 13.1. The molecule has 0 aliphatic carbocycles. The smallest absolute Gasteiger partial charge is 0.461 e. The fraction of sp³-hybridized carbons (Fsp3) is 0.167. The molecule has 176 valence electrons. The van der Waals surface area contributed by atoms with Crippen LogP contribution < -0.4 is 4.90 Å². The van der Waals surface area contributed by atoms with Crippen LogP contribution in [0.3, 0.4) is 0 Å². The molecule has 0 saturated carbocycles. The number of hydrogen-bond donors (Lipinski definition) is 0. The van der Waals surface area contributed by atoms with E-state index in [1.165, 1.54) is 16.8 Å². The van der Waals surface area contributed by atoms with Crippen molar-refractivity contribution in [3.8, 4) is 0 Å². The van der Waals surface area contributed by atoms with Crippen molar-refractivity contribution in [2.24, 2.45) is 0 Å². The Balaban J connectivity index is 0.000000266. The van der Waals surface area contributed by atoms with Crippen molar-refractivity contribution >= 4 is 11.5 Å². The molecule has 3 nitrogen and oxygen atoms in total. The van der Waals surface area contributed by atoms with Crippen molar-refractivity contribution in [3.05, 3.63) is 144 Å². The first-order valence-electron chi connectivity index (χ1n) is 11.0. The topological polar surface area (TPSA) is 30.2 Å². The molecular formula is C30H34CrN3-. The molecule has 0 unspecified atom stereocenters. The van der Waals surface area contributed by atoms with E-state index in [9.17, 15) is 0 Å². The van der Waals surface area contributed by atoms with E-state index in [0.717, 1.165) is 22.6 Å². The van der Waals surface area contributed by atoms with Crippen LogP contribution in [0.25, 0.3) is 5.32 Å². The van der Waals surface area contributed by atoms with Crippen LogP contribution in [0.15, 0.2) is 97.1 Å². The molecule has 0 saturated heterocycles. The van der Waals surface area contributed by atoms with Gasteiger partial charge in [0.15, 0.2) is 0 Å². The average molecular weight is 489 g/mol. The van der Waals surface area contributed by atoms with Crippen molar-refractivity contribution in [2.75, 3.05) is 19.0 Å². The van der Waals surface area contributed by atoms with Crippen molar-refractivity contribution in [3.63, 3.8) is 0 Å². The normalized spacial score (nSPS) is 9.29. The van der Waals surface area contributed by atoms with Gasteiger partial charge in [0.2, 0.25) is 0 Å². The summed E-state index contributed by atoms with van der Waals surface area (Å²) in [5, 5.41) is 4.43.